The van der Waals surface area contributed by atoms with Crippen molar-refractivity contribution in [3.8, 4) is 0 Å². The van der Waals surface area contributed by atoms with Crippen LogP contribution in [0.4, 0.5) is 0 Å². The van der Waals surface area contributed by atoms with Crippen LogP contribution >= 0.6 is 23.5 Å². The highest BCUT2D eigenvalue weighted by atomic mass is 32.2. The number of thioether (sulfide) groups is 2. The van der Waals surface area contributed by atoms with Crippen LogP contribution in [0.5, 0.6) is 0 Å². The van der Waals surface area contributed by atoms with E-state index in [2.05, 4.69) is 31.9 Å². The van der Waals surface area contributed by atoms with E-state index in [1.807, 2.05) is 0 Å². The molecule has 20 nitrogen and oxygen atoms in total. The van der Waals surface area contributed by atoms with Gasteiger partial charge < -0.3 is 58.7 Å². The third kappa shape index (κ3) is 19.1. The Kier molecular flexibility index (Phi) is 25.4. The van der Waals surface area contributed by atoms with Crippen molar-refractivity contribution in [2.45, 2.75) is 115 Å². The third-order valence-electron chi connectivity index (χ3n) is 8.92. The fourth-order valence-corrected chi connectivity index (χ4v) is 5.95. The van der Waals surface area contributed by atoms with E-state index in [4.69, 9.17) is 11.5 Å². The number of aliphatic hydroxyl groups excluding tert-OH is 1. The smallest absolute Gasteiger partial charge is 0.326 e. The average molecular weight is 837 g/mol. The molecule has 320 valence electrons. The Morgan fingerprint density at radius 3 is 1.50 bits per heavy atom. The van der Waals surface area contributed by atoms with Gasteiger partial charge in [0.05, 0.1) is 19.1 Å². The molecule has 0 rings (SSSR count). The number of nitrogens with one attached hydrogen (secondary N) is 6. The van der Waals surface area contributed by atoms with Gasteiger partial charge in [-0.3, -0.25) is 38.4 Å². The summed E-state index contributed by atoms with van der Waals surface area (Å²) in [5.74, 6) is -9.31. The topological polar surface area (TPSA) is 339 Å². The molecule has 0 saturated carbocycles. The molecule has 0 fully saturated rings. The lowest BCUT2D eigenvalue weighted by atomic mass is 9.96. The third-order valence-corrected chi connectivity index (χ3v) is 10.2. The van der Waals surface area contributed by atoms with Crippen LogP contribution in [0, 0.1) is 11.8 Å². The summed E-state index contributed by atoms with van der Waals surface area (Å²) in [5.41, 5.74) is 11.2. The van der Waals surface area contributed by atoms with Crippen molar-refractivity contribution in [1.29, 1.82) is 0 Å². The Labute approximate surface area is 335 Å². The first-order valence-electron chi connectivity index (χ1n) is 18.2. The summed E-state index contributed by atoms with van der Waals surface area (Å²) in [6.07, 6.45) is 2.95. The summed E-state index contributed by atoms with van der Waals surface area (Å²) in [4.78, 5) is 115. The first-order valence-corrected chi connectivity index (χ1v) is 21.0. The van der Waals surface area contributed by atoms with E-state index >= 15 is 0 Å². The number of aliphatic hydroxyl groups is 1. The van der Waals surface area contributed by atoms with Crippen LogP contribution in [0.3, 0.4) is 0 Å². The van der Waals surface area contributed by atoms with Crippen molar-refractivity contribution in [3.05, 3.63) is 0 Å². The van der Waals surface area contributed by atoms with Gasteiger partial charge in [-0.05, 0) is 55.1 Å². The van der Waals surface area contributed by atoms with Crippen LogP contribution in [-0.2, 0) is 43.2 Å². The predicted molar refractivity (Wildman–Crippen MR) is 210 cm³/mol. The molecule has 0 aliphatic heterocycles. The lowest BCUT2D eigenvalue weighted by molar-refractivity contribution is -0.144. The number of primary amides is 1. The van der Waals surface area contributed by atoms with Crippen LogP contribution in [0.2, 0.25) is 0 Å². The van der Waals surface area contributed by atoms with Crippen molar-refractivity contribution < 1.29 is 58.5 Å². The molecule has 0 unspecified atom stereocenters. The number of carboxylic acids is 2. The standard InChI is InChI=1S/C34H60N8O12S2/c1-7-17(3)26(41-31(50)22(15-25(45)46)39-28(47)19(35)11-13-55-5)33(52)38-20(9-10-24(36)44)29(48)37-21(12-14-56-6)30(49)40-23(16-43)32(51)42-27(34(53)54)18(4)8-2/h17-23,26-27,43H,7-16,35H2,1-6H3,(H2,36,44)(H,37,48)(H,38,52)(H,39,47)(H,40,49)(H,41,50)(H,42,51)(H,45,46)(H,53,54)/t17-,18-,19-,20-,21-,22-,23-,26-,27-/m0/s1. The number of nitrogens with two attached hydrogens (primary N) is 2. The molecule has 9 atom stereocenters. The molecule has 56 heavy (non-hydrogen) atoms. The number of hydrogen-bond acceptors (Lipinski definition) is 13. The van der Waals surface area contributed by atoms with Crippen molar-refractivity contribution in [1.82, 2.24) is 31.9 Å². The minimum Gasteiger partial charge on any atom is -0.481 e. The fraction of sp³-hybridized carbons (Fsp3) is 0.735. The minimum atomic E-state index is -1.61. The van der Waals surface area contributed by atoms with Gasteiger partial charge in [0.15, 0.2) is 0 Å². The first kappa shape index (κ1) is 51.9. The largest absolute Gasteiger partial charge is 0.481 e. The number of amides is 7. The lowest BCUT2D eigenvalue weighted by Crippen LogP contribution is -2.61. The van der Waals surface area contributed by atoms with Gasteiger partial charge in [0.2, 0.25) is 41.4 Å². The highest BCUT2D eigenvalue weighted by Gasteiger charge is 2.36. The SMILES string of the molecule is CC[C@H](C)[C@H](NC(=O)[C@H](CO)NC(=O)[C@H](CCSC)NC(=O)[C@H](CCC(N)=O)NC(=O)[C@@H](NC(=O)[C@H](CC(=O)O)NC(=O)[C@@H](N)CCSC)[C@@H](C)CC)C(=O)O. The molecule has 0 aromatic heterocycles. The Morgan fingerprint density at radius 2 is 1.02 bits per heavy atom. The van der Waals surface area contributed by atoms with Crippen molar-refractivity contribution in [2.75, 3.05) is 30.6 Å². The summed E-state index contributed by atoms with van der Waals surface area (Å²) in [6, 6.07) is -9.76. The predicted octanol–water partition coefficient (Wildman–Crippen LogP) is -2.36. The van der Waals surface area contributed by atoms with E-state index in [-0.39, 0.29) is 19.3 Å². The molecule has 0 aliphatic rings. The Hall–Kier alpha value is -4.15. The summed E-state index contributed by atoms with van der Waals surface area (Å²) in [7, 11) is 0. The zero-order valence-corrected chi connectivity index (χ0v) is 34.4. The molecule has 0 saturated heterocycles. The maximum Gasteiger partial charge on any atom is 0.326 e. The number of carbonyl (C=O) groups is 9. The minimum absolute atomic E-state index is 0.00277. The van der Waals surface area contributed by atoms with Crippen molar-refractivity contribution >= 4 is 76.8 Å². The average Bonchev–Trinajstić information content (AvgIpc) is 3.15. The van der Waals surface area contributed by atoms with E-state index in [1.54, 1.807) is 40.2 Å². The summed E-state index contributed by atoms with van der Waals surface area (Å²) in [5, 5.41) is 43.3. The Morgan fingerprint density at radius 1 is 0.589 bits per heavy atom. The van der Waals surface area contributed by atoms with Crippen LogP contribution in [0.15, 0.2) is 0 Å². The van der Waals surface area contributed by atoms with Gasteiger partial charge in [0.25, 0.3) is 0 Å². The molecule has 0 aromatic carbocycles. The maximum absolute atomic E-state index is 13.7. The van der Waals surface area contributed by atoms with E-state index in [0.29, 0.717) is 24.3 Å². The van der Waals surface area contributed by atoms with E-state index in [1.165, 1.54) is 23.5 Å². The van der Waals surface area contributed by atoms with Gasteiger partial charge in [-0.2, -0.15) is 23.5 Å². The van der Waals surface area contributed by atoms with Gasteiger partial charge in [-0.1, -0.05) is 40.5 Å². The van der Waals surface area contributed by atoms with Crippen LogP contribution in [0.1, 0.15) is 72.6 Å². The van der Waals surface area contributed by atoms with Gasteiger partial charge in [0, 0.05) is 6.42 Å². The molecule has 0 aromatic rings. The van der Waals surface area contributed by atoms with Crippen molar-refractivity contribution in [3.63, 3.8) is 0 Å². The molecule has 0 heterocycles. The number of carbonyl (C=O) groups excluding carboxylic acids is 7. The first-order chi connectivity index (χ1) is 26.3. The second-order valence-corrected chi connectivity index (χ2v) is 15.3. The van der Waals surface area contributed by atoms with Crippen molar-refractivity contribution in [2.24, 2.45) is 23.3 Å². The number of carboxylic acid groups (broad SMARTS) is 2. The number of hydrogen-bond donors (Lipinski definition) is 11. The molecule has 0 spiro atoms. The molecule has 22 heteroatoms. The molecular weight excluding hydrogens is 777 g/mol. The second kappa shape index (κ2) is 27.4. The maximum atomic E-state index is 13.7. The Balaban J connectivity index is 6.31. The number of aliphatic carboxylic acids is 2. The molecule has 0 bridgehead atoms. The monoisotopic (exact) mass is 836 g/mol. The summed E-state index contributed by atoms with van der Waals surface area (Å²) < 4.78 is 0. The van der Waals surface area contributed by atoms with Crippen LogP contribution in [-0.4, -0.2) is 142 Å². The van der Waals surface area contributed by atoms with E-state index < -0.39 is 127 Å². The molecule has 0 radical (unpaired) electrons. The Bertz CT molecular complexity index is 1360. The van der Waals surface area contributed by atoms with Gasteiger partial charge in [-0.15, -0.1) is 0 Å². The summed E-state index contributed by atoms with van der Waals surface area (Å²) >= 11 is 2.75. The molecule has 0 aliphatic carbocycles. The normalized spacial score (nSPS) is 15.9. The van der Waals surface area contributed by atoms with Crippen LogP contribution in [0.25, 0.3) is 0 Å². The zero-order chi connectivity index (χ0) is 43.1. The number of rotatable bonds is 29. The molecular formula is C34H60N8O12S2. The van der Waals surface area contributed by atoms with E-state index in [9.17, 15) is 58.5 Å². The highest BCUT2D eigenvalue weighted by Crippen LogP contribution is 2.12. The van der Waals surface area contributed by atoms with Gasteiger partial charge in [0.1, 0.15) is 36.3 Å². The summed E-state index contributed by atoms with van der Waals surface area (Å²) in [6.45, 7) is 5.73. The van der Waals surface area contributed by atoms with Gasteiger partial charge in [-0.25, -0.2) is 4.79 Å². The molecule has 13 N–H and O–H groups in total. The van der Waals surface area contributed by atoms with Gasteiger partial charge >= 0.3 is 11.9 Å². The van der Waals surface area contributed by atoms with Crippen LogP contribution < -0.4 is 43.4 Å². The highest BCUT2D eigenvalue weighted by molar-refractivity contribution is 7.98. The lowest BCUT2D eigenvalue weighted by Gasteiger charge is -2.29. The molecule has 7 amide bonds. The van der Waals surface area contributed by atoms with E-state index in [0.717, 1.165) is 0 Å². The quantitative estimate of drug-likeness (QED) is 0.0375. The second-order valence-electron chi connectivity index (χ2n) is 13.3. The zero-order valence-electron chi connectivity index (χ0n) is 32.8. The fourth-order valence-electron chi connectivity index (χ4n) is 4.99.